The molecule has 7 heteroatoms. The summed E-state index contributed by atoms with van der Waals surface area (Å²) in [7, 11) is 2.14. The van der Waals surface area contributed by atoms with Gasteiger partial charge in [-0.3, -0.25) is 0 Å². The van der Waals surface area contributed by atoms with E-state index < -0.39 is 23.7 Å². The van der Waals surface area contributed by atoms with Crippen molar-refractivity contribution < 1.29 is 32.2 Å². The van der Waals surface area contributed by atoms with Crippen molar-refractivity contribution in [2.75, 3.05) is 14.2 Å². The van der Waals surface area contributed by atoms with Gasteiger partial charge in [0.15, 0.2) is 0 Å². The van der Waals surface area contributed by atoms with Crippen LogP contribution in [0.25, 0.3) is 5.57 Å². The van der Waals surface area contributed by atoms with Crippen molar-refractivity contribution >= 4 is 17.5 Å². The highest BCUT2D eigenvalue weighted by Gasteiger charge is 2.31. The Morgan fingerprint density at radius 2 is 1.80 bits per heavy atom. The summed E-state index contributed by atoms with van der Waals surface area (Å²) < 4.78 is 46.6. The van der Waals surface area contributed by atoms with E-state index in [-0.39, 0.29) is 11.1 Å². The van der Waals surface area contributed by atoms with Crippen LogP contribution in [0.15, 0.2) is 30.3 Å². The van der Waals surface area contributed by atoms with Gasteiger partial charge in [0.05, 0.1) is 25.4 Å². The standard InChI is InChI=1S/C13H11F3O4/c1-19-11(17)7-10(12(18)20-2)8-4-3-5-9(6-8)13(14,15)16/h3-7H,1-2H3/b10-7-. The monoisotopic (exact) mass is 288 g/mol. The smallest absolute Gasteiger partial charge is 0.416 e. The van der Waals surface area contributed by atoms with Gasteiger partial charge in [-0.15, -0.1) is 0 Å². The summed E-state index contributed by atoms with van der Waals surface area (Å²) in [5.74, 6) is -1.81. The van der Waals surface area contributed by atoms with E-state index in [4.69, 9.17) is 0 Å². The van der Waals surface area contributed by atoms with Gasteiger partial charge in [0.1, 0.15) is 0 Å². The van der Waals surface area contributed by atoms with Crippen molar-refractivity contribution in [3.8, 4) is 0 Å². The van der Waals surface area contributed by atoms with Crippen LogP contribution >= 0.6 is 0 Å². The molecule has 20 heavy (non-hydrogen) atoms. The van der Waals surface area contributed by atoms with E-state index >= 15 is 0 Å². The van der Waals surface area contributed by atoms with Crippen LogP contribution in [0.1, 0.15) is 11.1 Å². The molecule has 0 saturated heterocycles. The Labute approximate surface area is 112 Å². The Morgan fingerprint density at radius 3 is 2.30 bits per heavy atom. The zero-order valence-corrected chi connectivity index (χ0v) is 10.7. The fraction of sp³-hybridized carbons (Fsp3) is 0.231. The van der Waals surface area contributed by atoms with E-state index in [0.29, 0.717) is 0 Å². The molecule has 1 aromatic rings. The first-order valence-corrected chi connectivity index (χ1v) is 5.35. The number of ether oxygens (including phenoxy) is 2. The molecule has 1 rings (SSSR count). The Kier molecular flexibility index (Phi) is 4.90. The van der Waals surface area contributed by atoms with Crippen molar-refractivity contribution in [1.82, 2.24) is 0 Å². The first-order valence-electron chi connectivity index (χ1n) is 5.35. The van der Waals surface area contributed by atoms with E-state index in [0.717, 1.165) is 38.5 Å². The quantitative estimate of drug-likeness (QED) is 0.633. The van der Waals surface area contributed by atoms with Crippen LogP contribution in [0.4, 0.5) is 13.2 Å². The number of rotatable bonds is 3. The van der Waals surface area contributed by atoms with E-state index in [1.165, 1.54) is 6.07 Å². The number of methoxy groups -OCH3 is 2. The molecule has 0 atom stereocenters. The number of carbonyl (C=O) groups is 2. The molecule has 1 aromatic carbocycles. The zero-order chi connectivity index (χ0) is 15.3. The summed E-state index contributed by atoms with van der Waals surface area (Å²) in [6.45, 7) is 0. The van der Waals surface area contributed by atoms with Crippen LogP contribution in [0, 0.1) is 0 Å². The Bertz CT molecular complexity index is 547. The molecule has 0 aliphatic rings. The molecule has 0 spiro atoms. The zero-order valence-electron chi connectivity index (χ0n) is 10.7. The van der Waals surface area contributed by atoms with Gasteiger partial charge in [-0.1, -0.05) is 12.1 Å². The minimum Gasteiger partial charge on any atom is -0.466 e. The van der Waals surface area contributed by atoms with Gasteiger partial charge in [0, 0.05) is 6.08 Å². The van der Waals surface area contributed by atoms with Gasteiger partial charge in [-0.25, -0.2) is 9.59 Å². The molecule has 0 aliphatic carbocycles. The molecule has 4 nitrogen and oxygen atoms in total. The summed E-state index contributed by atoms with van der Waals surface area (Å²) >= 11 is 0. The van der Waals surface area contributed by atoms with Gasteiger partial charge < -0.3 is 9.47 Å². The third-order valence-electron chi connectivity index (χ3n) is 2.37. The number of alkyl halides is 3. The van der Waals surface area contributed by atoms with E-state index in [9.17, 15) is 22.8 Å². The first-order chi connectivity index (χ1) is 9.29. The molecule has 0 unspecified atom stereocenters. The molecular weight excluding hydrogens is 277 g/mol. The highest BCUT2D eigenvalue weighted by atomic mass is 19.4. The lowest BCUT2D eigenvalue weighted by atomic mass is 10.0. The SMILES string of the molecule is COC(=O)/C=C(\C(=O)OC)c1cccc(C(F)(F)F)c1. The third-order valence-corrected chi connectivity index (χ3v) is 2.37. The van der Waals surface area contributed by atoms with Crippen LogP contribution in [0.2, 0.25) is 0 Å². The number of esters is 2. The minimum absolute atomic E-state index is 0.0860. The molecule has 0 saturated carbocycles. The lowest BCUT2D eigenvalue weighted by Crippen LogP contribution is -2.10. The van der Waals surface area contributed by atoms with Gasteiger partial charge in [0.25, 0.3) is 0 Å². The molecule has 0 heterocycles. The van der Waals surface area contributed by atoms with E-state index in [1.807, 2.05) is 0 Å². The van der Waals surface area contributed by atoms with E-state index in [2.05, 4.69) is 9.47 Å². The second kappa shape index (κ2) is 6.23. The van der Waals surface area contributed by atoms with Crippen molar-refractivity contribution in [3.05, 3.63) is 41.5 Å². The molecule has 0 radical (unpaired) electrons. The van der Waals surface area contributed by atoms with Crippen LogP contribution < -0.4 is 0 Å². The normalized spacial score (nSPS) is 11.9. The Morgan fingerprint density at radius 1 is 1.15 bits per heavy atom. The van der Waals surface area contributed by atoms with Crippen molar-refractivity contribution in [2.45, 2.75) is 6.18 Å². The number of carbonyl (C=O) groups excluding carboxylic acids is 2. The molecular formula is C13H11F3O4. The molecule has 0 bridgehead atoms. The maximum Gasteiger partial charge on any atom is 0.416 e. The van der Waals surface area contributed by atoms with E-state index in [1.54, 1.807) is 0 Å². The Balaban J connectivity index is 3.32. The summed E-state index contributed by atoms with van der Waals surface area (Å²) in [6, 6.07) is 4.01. The van der Waals surface area contributed by atoms with Gasteiger partial charge in [-0.2, -0.15) is 13.2 Å². The predicted octanol–water partition coefficient (Wildman–Crippen LogP) is 2.43. The minimum atomic E-state index is -4.55. The second-order valence-electron chi connectivity index (χ2n) is 3.65. The topological polar surface area (TPSA) is 52.6 Å². The number of hydrogen-bond acceptors (Lipinski definition) is 4. The highest BCUT2D eigenvalue weighted by Crippen LogP contribution is 2.31. The maximum atomic E-state index is 12.6. The first kappa shape index (κ1) is 15.7. The van der Waals surface area contributed by atoms with Gasteiger partial charge in [0.2, 0.25) is 0 Å². The average Bonchev–Trinajstić information content (AvgIpc) is 2.42. The van der Waals surface area contributed by atoms with Crippen LogP contribution in [0.3, 0.4) is 0 Å². The van der Waals surface area contributed by atoms with Crippen molar-refractivity contribution in [1.29, 1.82) is 0 Å². The van der Waals surface area contributed by atoms with Crippen LogP contribution in [0.5, 0.6) is 0 Å². The third kappa shape index (κ3) is 3.84. The lowest BCUT2D eigenvalue weighted by Gasteiger charge is -2.10. The molecule has 0 fully saturated rings. The fourth-order valence-corrected chi connectivity index (χ4v) is 1.41. The van der Waals surface area contributed by atoms with Crippen molar-refractivity contribution in [2.24, 2.45) is 0 Å². The molecule has 0 amide bonds. The largest absolute Gasteiger partial charge is 0.466 e. The summed E-state index contributed by atoms with van der Waals surface area (Å²) in [6.07, 6.45) is -3.77. The molecule has 108 valence electrons. The molecule has 0 aliphatic heterocycles. The van der Waals surface area contributed by atoms with Gasteiger partial charge in [-0.05, 0) is 17.7 Å². The lowest BCUT2D eigenvalue weighted by molar-refractivity contribution is -0.138. The average molecular weight is 288 g/mol. The summed E-state index contributed by atoms with van der Waals surface area (Å²) in [5.41, 5.74) is -1.34. The summed E-state index contributed by atoms with van der Waals surface area (Å²) in [4.78, 5) is 22.7. The van der Waals surface area contributed by atoms with Gasteiger partial charge >= 0.3 is 18.1 Å². The Hall–Kier alpha value is -2.31. The van der Waals surface area contributed by atoms with Crippen LogP contribution in [-0.4, -0.2) is 26.2 Å². The van der Waals surface area contributed by atoms with Crippen molar-refractivity contribution in [3.63, 3.8) is 0 Å². The maximum absolute atomic E-state index is 12.6. The fourth-order valence-electron chi connectivity index (χ4n) is 1.41. The highest BCUT2D eigenvalue weighted by molar-refractivity contribution is 6.20. The number of halogens is 3. The summed E-state index contributed by atoms with van der Waals surface area (Å²) in [5, 5.41) is 0. The van der Waals surface area contributed by atoms with Crippen LogP contribution in [-0.2, 0) is 25.2 Å². The second-order valence-corrected chi connectivity index (χ2v) is 3.65. The number of hydrogen-bond donors (Lipinski definition) is 0. The predicted molar refractivity (Wildman–Crippen MR) is 63.5 cm³/mol. The number of benzene rings is 1. The molecule has 0 aromatic heterocycles. The molecule has 0 N–H and O–H groups in total.